The molecule has 94 valence electrons. The van der Waals surface area contributed by atoms with E-state index in [0.29, 0.717) is 11.6 Å². The second kappa shape index (κ2) is 5.16. The fourth-order valence-electron chi connectivity index (χ4n) is 0.757. The topological polar surface area (TPSA) is 67.9 Å². The zero-order valence-electron chi connectivity index (χ0n) is 10.7. The van der Waals surface area contributed by atoms with Crippen LogP contribution in [0.25, 0.3) is 0 Å². The zero-order chi connectivity index (χ0) is 13.0. The summed E-state index contributed by atoms with van der Waals surface area (Å²) in [6, 6.07) is 0. The van der Waals surface area contributed by atoms with Crippen molar-refractivity contribution in [2.45, 2.75) is 52.7 Å². The Bertz CT molecular complexity index is 253. The number of hydroxylamine groups is 1. The third-order valence-corrected chi connectivity index (χ3v) is 1.07. The molecule has 1 N–H and O–H groups in total. The number of rotatable bonds is 3. The van der Waals surface area contributed by atoms with Crippen molar-refractivity contribution in [2.75, 3.05) is 0 Å². The van der Waals surface area contributed by atoms with Crippen molar-refractivity contribution in [3.63, 3.8) is 0 Å². The maximum absolute atomic E-state index is 11.3. The Kier molecular flexibility index (Phi) is 4.74. The van der Waals surface area contributed by atoms with Crippen LogP contribution in [0.2, 0.25) is 0 Å². The zero-order valence-corrected chi connectivity index (χ0v) is 10.7. The van der Waals surface area contributed by atoms with Gasteiger partial charge in [-0.05, 0) is 41.5 Å². The van der Waals surface area contributed by atoms with E-state index in [4.69, 9.17) is 9.57 Å². The Morgan fingerprint density at radius 1 is 1.12 bits per heavy atom. The molecule has 2 amide bonds. The van der Waals surface area contributed by atoms with Gasteiger partial charge in [-0.1, -0.05) is 0 Å². The molecular formula is C10H20N2O4. The van der Waals surface area contributed by atoms with Crippen molar-refractivity contribution >= 4 is 12.5 Å². The molecule has 0 aromatic heterocycles. The van der Waals surface area contributed by atoms with Crippen molar-refractivity contribution in [1.82, 2.24) is 10.6 Å². The van der Waals surface area contributed by atoms with E-state index in [1.807, 2.05) is 0 Å². The number of hydrazine groups is 1. The molecule has 0 aliphatic carbocycles. The number of hydrogen-bond acceptors (Lipinski definition) is 4. The Morgan fingerprint density at radius 3 is 1.94 bits per heavy atom. The Morgan fingerprint density at radius 2 is 1.62 bits per heavy atom. The highest BCUT2D eigenvalue weighted by molar-refractivity contribution is 5.68. The molecule has 0 unspecified atom stereocenters. The molecule has 6 heteroatoms. The van der Waals surface area contributed by atoms with Crippen LogP contribution in [0.3, 0.4) is 0 Å². The maximum Gasteiger partial charge on any atom is 0.428 e. The summed E-state index contributed by atoms with van der Waals surface area (Å²) in [5, 5.41) is 0.689. The van der Waals surface area contributed by atoms with Gasteiger partial charge in [-0.15, -0.1) is 5.17 Å². The summed E-state index contributed by atoms with van der Waals surface area (Å²) >= 11 is 0. The number of nitrogens with zero attached hydrogens (tertiary/aromatic N) is 1. The first kappa shape index (κ1) is 14.7. The van der Waals surface area contributed by atoms with E-state index in [9.17, 15) is 9.59 Å². The highest BCUT2D eigenvalue weighted by atomic mass is 16.7. The van der Waals surface area contributed by atoms with Crippen LogP contribution in [0.4, 0.5) is 4.79 Å². The van der Waals surface area contributed by atoms with Crippen LogP contribution in [0.1, 0.15) is 41.5 Å². The predicted molar refractivity (Wildman–Crippen MR) is 58.1 cm³/mol. The van der Waals surface area contributed by atoms with E-state index in [-0.39, 0.29) is 0 Å². The maximum atomic E-state index is 11.3. The summed E-state index contributed by atoms with van der Waals surface area (Å²) in [4.78, 5) is 27.0. The minimum Gasteiger partial charge on any atom is -0.443 e. The lowest BCUT2D eigenvalue weighted by atomic mass is 10.2. The molecule has 0 spiro atoms. The highest BCUT2D eigenvalue weighted by Gasteiger charge is 2.21. The van der Waals surface area contributed by atoms with E-state index in [1.165, 1.54) is 0 Å². The molecule has 16 heavy (non-hydrogen) atoms. The van der Waals surface area contributed by atoms with Gasteiger partial charge in [-0.25, -0.2) is 15.1 Å². The van der Waals surface area contributed by atoms with Crippen LogP contribution in [0.5, 0.6) is 0 Å². The smallest absolute Gasteiger partial charge is 0.428 e. The lowest BCUT2D eigenvalue weighted by Crippen LogP contribution is -2.47. The van der Waals surface area contributed by atoms with Crippen LogP contribution in [-0.4, -0.2) is 28.9 Å². The lowest BCUT2D eigenvalue weighted by molar-refractivity contribution is -0.234. The van der Waals surface area contributed by atoms with Gasteiger partial charge in [0.25, 0.3) is 6.41 Å². The van der Waals surface area contributed by atoms with Crippen molar-refractivity contribution in [3.8, 4) is 0 Å². The summed E-state index contributed by atoms with van der Waals surface area (Å²) in [7, 11) is 0. The fourth-order valence-corrected chi connectivity index (χ4v) is 0.757. The molecular weight excluding hydrogens is 212 g/mol. The number of hydrogen-bond donors (Lipinski definition) is 1. The van der Waals surface area contributed by atoms with E-state index < -0.39 is 17.3 Å². The summed E-state index contributed by atoms with van der Waals surface area (Å²) < 4.78 is 4.95. The van der Waals surface area contributed by atoms with E-state index in [1.54, 1.807) is 41.5 Å². The number of carbonyl (C=O) groups excluding carboxylic acids is 2. The quantitative estimate of drug-likeness (QED) is 0.593. The summed E-state index contributed by atoms with van der Waals surface area (Å²) in [6.45, 7) is 10.4. The number of nitrogens with one attached hydrogen (secondary N) is 1. The first-order valence-electron chi connectivity index (χ1n) is 4.97. The van der Waals surface area contributed by atoms with Gasteiger partial charge in [0.1, 0.15) is 5.60 Å². The monoisotopic (exact) mass is 232 g/mol. The minimum atomic E-state index is -0.746. The molecule has 6 nitrogen and oxygen atoms in total. The Balaban J connectivity index is 4.24. The Hall–Kier alpha value is -1.30. The van der Waals surface area contributed by atoms with Gasteiger partial charge >= 0.3 is 6.09 Å². The second-order valence-electron chi connectivity index (χ2n) is 5.25. The first-order valence-corrected chi connectivity index (χ1v) is 4.97. The van der Waals surface area contributed by atoms with Gasteiger partial charge in [0, 0.05) is 0 Å². The molecule has 0 saturated heterocycles. The van der Waals surface area contributed by atoms with Crippen LogP contribution in [0.15, 0.2) is 0 Å². The molecule has 0 saturated carbocycles. The third-order valence-electron chi connectivity index (χ3n) is 1.07. The Labute approximate surface area is 95.8 Å². The molecule has 0 rings (SSSR count). The van der Waals surface area contributed by atoms with Crippen LogP contribution >= 0.6 is 0 Å². The normalized spacial score (nSPS) is 11.9. The number of carbonyl (C=O) groups is 2. The van der Waals surface area contributed by atoms with Crippen LogP contribution in [-0.2, 0) is 14.4 Å². The highest BCUT2D eigenvalue weighted by Crippen LogP contribution is 2.09. The minimum absolute atomic E-state index is 0.356. The third kappa shape index (κ3) is 8.05. The van der Waals surface area contributed by atoms with Gasteiger partial charge in [0.2, 0.25) is 0 Å². The lowest BCUT2D eigenvalue weighted by Gasteiger charge is -2.27. The molecule has 0 aliphatic heterocycles. The molecule has 0 radical (unpaired) electrons. The van der Waals surface area contributed by atoms with E-state index in [2.05, 4.69) is 5.43 Å². The van der Waals surface area contributed by atoms with Crippen molar-refractivity contribution in [3.05, 3.63) is 0 Å². The largest absolute Gasteiger partial charge is 0.443 e. The standard InChI is InChI=1S/C10H20N2O4/c1-9(2,3)15-8(14)11-12(7-13)16-10(4,5)6/h7H,1-6H3,(H,11,14). The van der Waals surface area contributed by atoms with Gasteiger partial charge < -0.3 is 4.74 Å². The SMILES string of the molecule is CC(C)(C)OC(=O)NN(C=O)OC(C)(C)C. The van der Waals surface area contributed by atoms with Crippen molar-refractivity contribution in [1.29, 1.82) is 0 Å². The van der Waals surface area contributed by atoms with Gasteiger partial charge in [-0.3, -0.25) is 4.79 Å². The first-order chi connectivity index (χ1) is 7.03. The average Bonchev–Trinajstić information content (AvgIpc) is 1.96. The van der Waals surface area contributed by atoms with Gasteiger partial charge in [0.15, 0.2) is 0 Å². The van der Waals surface area contributed by atoms with Crippen molar-refractivity contribution in [2.24, 2.45) is 0 Å². The van der Waals surface area contributed by atoms with Crippen molar-refractivity contribution < 1.29 is 19.2 Å². The second-order valence-corrected chi connectivity index (χ2v) is 5.25. The molecule has 0 fully saturated rings. The predicted octanol–water partition coefficient (Wildman–Crippen LogP) is 1.61. The average molecular weight is 232 g/mol. The van der Waals surface area contributed by atoms with E-state index in [0.717, 1.165) is 0 Å². The van der Waals surface area contributed by atoms with Crippen LogP contribution in [0, 0.1) is 0 Å². The number of ether oxygens (including phenoxy) is 1. The molecule has 0 bridgehead atoms. The molecule has 0 heterocycles. The summed E-state index contributed by atoms with van der Waals surface area (Å²) in [5.74, 6) is 0. The summed E-state index contributed by atoms with van der Waals surface area (Å²) in [5.41, 5.74) is 0.950. The molecule has 0 aromatic rings. The molecule has 0 atom stereocenters. The van der Waals surface area contributed by atoms with Gasteiger partial charge in [0.05, 0.1) is 5.60 Å². The van der Waals surface area contributed by atoms with Crippen LogP contribution < -0.4 is 5.43 Å². The molecule has 0 aliphatic rings. The number of amides is 2. The molecule has 0 aromatic carbocycles. The fraction of sp³-hybridized carbons (Fsp3) is 0.800. The van der Waals surface area contributed by atoms with E-state index >= 15 is 0 Å². The summed E-state index contributed by atoms with van der Waals surface area (Å²) in [6.07, 6.45) is -0.390. The van der Waals surface area contributed by atoms with Gasteiger partial charge in [-0.2, -0.15) is 0 Å².